The molecule has 1 aromatic heterocycles. The van der Waals surface area contributed by atoms with Crippen LogP contribution in [-0.2, 0) is 5.41 Å². The van der Waals surface area contributed by atoms with E-state index in [2.05, 4.69) is 57.2 Å². The van der Waals surface area contributed by atoms with E-state index in [1.54, 1.807) is 4.68 Å². The summed E-state index contributed by atoms with van der Waals surface area (Å²) in [5.74, 6) is 1.05. The number of rotatable bonds is 3. The minimum atomic E-state index is -0.597. The van der Waals surface area contributed by atoms with Crippen LogP contribution in [0.25, 0.3) is 5.69 Å². The highest BCUT2D eigenvalue weighted by Crippen LogP contribution is 2.26. The predicted octanol–water partition coefficient (Wildman–Crippen LogP) is 3.78. The minimum Gasteiger partial charge on any atom is -0.351 e. The van der Waals surface area contributed by atoms with E-state index >= 15 is 0 Å². The Kier molecular flexibility index (Phi) is 4.26. The van der Waals surface area contributed by atoms with Gasteiger partial charge in [0.25, 0.3) is 0 Å². The van der Waals surface area contributed by atoms with Crippen LogP contribution in [0.1, 0.15) is 51.8 Å². The lowest BCUT2D eigenvalue weighted by Gasteiger charge is -2.14. The van der Waals surface area contributed by atoms with Gasteiger partial charge in [-0.25, -0.2) is 9.48 Å². The second-order valence-corrected chi connectivity index (χ2v) is 6.81. The van der Waals surface area contributed by atoms with E-state index in [9.17, 15) is 4.79 Å². The Morgan fingerprint density at radius 2 is 1.82 bits per heavy atom. The zero-order valence-electron chi connectivity index (χ0n) is 13.8. The van der Waals surface area contributed by atoms with Crippen molar-refractivity contribution < 1.29 is 4.79 Å². The largest absolute Gasteiger partial charge is 0.351 e. The number of carbonyl (C=O) groups is 1. The molecule has 0 spiro atoms. The smallest absolute Gasteiger partial charge is 0.317 e. The highest BCUT2D eigenvalue weighted by Gasteiger charge is 2.21. The number of nitrogens with two attached hydrogens (primary N) is 1. The van der Waals surface area contributed by atoms with Crippen LogP contribution in [0.15, 0.2) is 30.3 Å². The summed E-state index contributed by atoms with van der Waals surface area (Å²) in [6, 6.07) is 9.42. The van der Waals surface area contributed by atoms with Crippen LogP contribution in [0, 0.1) is 0 Å². The summed E-state index contributed by atoms with van der Waals surface area (Å²) < 4.78 is 1.72. The van der Waals surface area contributed by atoms with Gasteiger partial charge in [0.15, 0.2) is 0 Å². The molecule has 0 bridgehead atoms. The van der Waals surface area contributed by atoms with Gasteiger partial charge in [-0.15, -0.1) is 0 Å². The quantitative estimate of drug-likeness (QED) is 0.905. The summed E-state index contributed by atoms with van der Waals surface area (Å²) >= 11 is 0. The second-order valence-electron chi connectivity index (χ2n) is 6.81. The van der Waals surface area contributed by atoms with Crippen LogP contribution >= 0.6 is 0 Å². The van der Waals surface area contributed by atoms with Crippen molar-refractivity contribution in [3.63, 3.8) is 0 Å². The maximum Gasteiger partial charge on any atom is 0.317 e. The van der Waals surface area contributed by atoms with Gasteiger partial charge in [0.05, 0.1) is 11.4 Å². The SMILES string of the molecule is CC(C)c1ccc(-n2nc(C(C)(C)C)cc2NC(N)=O)cc1. The molecule has 5 heteroatoms. The number of amides is 2. The number of anilines is 1. The lowest BCUT2D eigenvalue weighted by atomic mass is 9.92. The molecule has 0 aliphatic heterocycles. The number of hydrogen-bond acceptors (Lipinski definition) is 2. The van der Waals surface area contributed by atoms with Crippen molar-refractivity contribution in [2.24, 2.45) is 5.73 Å². The summed E-state index contributed by atoms with van der Waals surface area (Å²) in [6.45, 7) is 10.5. The van der Waals surface area contributed by atoms with Crippen molar-refractivity contribution in [1.29, 1.82) is 0 Å². The highest BCUT2D eigenvalue weighted by atomic mass is 16.2. The Bertz CT molecular complexity index is 663. The third kappa shape index (κ3) is 3.47. The monoisotopic (exact) mass is 300 g/mol. The molecular weight excluding hydrogens is 276 g/mol. The van der Waals surface area contributed by atoms with Crippen LogP contribution in [0.4, 0.5) is 10.6 Å². The fraction of sp³-hybridized carbons (Fsp3) is 0.412. The van der Waals surface area contributed by atoms with Crippen molar-refractivity contribution in [3.8, 4) is 5.69 Å². The van der Waals surface area contributed by atoms with Gasteiger partial charge >= 0.3 is 6.03 Å². The van der Waals surface area contributed by atoms with Crippen molar-refractivity contribution in [2.45, 2.75) is 46.0 Å². The molecule has 22 heavy (non-hydrogen) atoms. The number of aromatic nitrogens is 2. The zero-order chi connectivity index (χ0) is 16.5. The van der Waals surface area contributed by atoms with E-state index in [-0.39, 0.29) is 5.41 Å². The molecule has 5 nitrogen and oxygen atoms in total. The Balaban J connectivity index is 2.47. The lowest BCUT2D eigenvalue weighted by molar-refractivity contribution is 0.259. The van der Waals surface area contributed by atoms with E-state index < -0.39 is 6.03 Å². The number of nitrogens with one attached hydrogen (secondary N) is 1. The Morgan fingerprint density at radius 1 is 1.23 bits per heavy atom. The molecule has 3 N–H and O–H groups in total. The van der Waals surface area contributed by atoms with E-state index in [0.29, 0.717) is 11.7 Å². The van der Waals surface area contributed by atoms with E-state index in [0.717, 1.165) is 11.4 Å². The number of primary amides is 1. The molecular formula is C17H24N4O. The van der Waals surface area contributed by atoms with Crippen molar-refractivity contribution in [2.75, 3.05) is 5.32 Å². The van der Waals surface area contributed by atoms with Gasteiger partial charge in [0.1, 0.15) is 5.82 Å². The third-order valence-corrected chi connectivity index (χ3v) is 3.53. The number of hydrogen-bond donors (Lipinski definition) is 2. The summed E-state index contributed by atoms with van der Waals surface area (Å²) in [7, 11) is 0. The van der Waals surface area contributed by atoms with Gasteiger partial charge in [0.2, 0.25) is 0 Å². The van der Waals surface area contributed by atoms with Gasteiger partial charge in [-0.05, 0) is 23.6 Å². The maximum atomic E-state index is 11.2. The van der Waals surface area contributed by atoms with E-state index in [4.69, 9.17) is 5.73 Å². The molecule has 0 radical (unpaired) electrons. The molecule has 0 aliphatic rings. The third-order valence-electron chi connectivity index (χ3n) is 3.53. The van der Waals surface area contributed by atoms with Gasteiger partial charge in [-0.3, -0.25) is 5.32 Å². The van der Waals surface area contributed by atoms with Crippen LogP contribution in [0.5, 0.6) is 0 Å². The van der Waals surface area contributed by atoms with Gasteiger partial charge in [-0.2, -0.15) is 5.10 Å². The van der Waals surface area contributed by atoms with Crippen molar-refractivity contribution >= 4 is 11.8 Å². The summed E-state index contributed by atoms with van der Waals surface area (Å²) in [5.41, 5.74) is 8.19. The molecule has 1 aromatic carbocycles. The Labute approximate surface area is 131 Å². The Hall–Kier alpha value is -2.30. The number of urea groups is 1. The summed E-state index contributed by atoms with van der Waals surface area (Å²) in [6.07, 6.45) is 0. The molecule has 0 saturated carbocycles. The topological polar surface area (TPSA) is 72.9 Å². The maximum absolute atomic E-state index is 11.2. The Morgan fingerprint density at radius 3 is 2.27 bits per heavy atom. The first-order chi connectivity index (χ1) is 10.2. The fourth-order valence-electron chi connectivity index (χ4n) is 2.16. The molecule has 118 valence electrons. The average Bonchev–Trinajstić information content (AvgIpc) is 2.82. The normalized spacial score (nSPS) is 11.7. The molecule has 2 aromatic rings. The van der Waals surface area contributed by atoms with Gasteiger partial charge in [-0.1, -0.05) is 46.8 Å². The first-order valence-electron chi connectivity index (χ1n) is 7.46. The molecule has 0 unspecified atom stereocenters. The van der Waals surface area contributed by atoms with Gasteiger partial charge in [0, 0.05) is 11.5 Å². The van der Waals surface area contributed by atoms with Crippen LogP contribution in [0.3, 0.4) is 0 Å². The van der Waals surface area contributed by atoms with Crippen molar-refractivity contribution in [3.05, 3.63) is 41.6 Å². The minimum absolute atomic E-state index is 0.114. The summed E-state index contributed by atoms with van der Waals surface area (Å²) in [4.78, 5) is 11.2. The van der Waals surface area contributed by atoms with Crippen LogP contribution < -0.4 is 11.1 Å². The fourth-order valence-corrected chi connectivity index (χ4v) is 2.16. The molecule has 2 rings (SSSR count). The van der Waals surface area contributed by atoms with Crippen molar-refractivity contribution in [1.82, 2.24) is 9.78 Å². The molecule has 0 fully saturated rings. The summed E-state index contributed by atoms with van der Waals surface area (Å²) in [5, 5.41) is 7.27. The molecule has 0 atom stereocenters. The molecule has 0 saturated heterocycles. The van der Waals surface area contributed by atoms with E-state index in [1.807, 2.05) is 18.2 Å². The van der Waals surface area contributed by atoms with Crippen LogP contribution in [-0.4, -0.2) is 15.8 Å². The second kappa shape index (κ2) is 5.83. The molecule has 1 heterocycles. The first kappa shape index (κ1) is 16.1. The first-order valence-corrected chi connectivity index (χ1v) is 7.46. The highest BCUT2D eigenvalue weighted by molar-refractivity contribution is 5.87. The lowest BCUT2D eigenvalue weighted by Crippen LogP contribution is -2.21. The molecule has 0 aliphatic carbocycles. The standard InChI is InChI=1S/C17H24N4O/c1-11(2)12-6-8-13(9-7-12)21-15(19-16(18)22)10-14(20-21)17(3,4)5/h6-11H,1-5H3,(H3,18,19,22). The zero-order valence-corrected chi connectivity index (χ0v) is 13.8. The number of carbonyl (C=O) groups excluding carboxylic acids is 1. The number of benzene rings is 1. The number of nitrogens with zero attached hydrogens (tertiary/aromatic N) is 2. The predicted molar refractivity (Wildman–Crippen MR) is 89.6 cm³/mol. The molecule has 2 amide bonds. The van der Waals surface area contributed by atoms with Crippen LogP contribution in [0.2, 0.25) is 0 Å². The van der Waals surface area contributed by atoms with Gasteiger partial charge < -0.3 is 5.73 Å². The average molecular weight is 300 g/mol. The van der Waals surface area contributed by atoms with E-state index in [1.165, 1.54) is 5.56 Å².